The lowest BCUT2D eigenvalue weighted by Crippen LogP contribution is -2.37. The van der Waals surface area contributed by atoms with Crippen molar-refractivity contribution < 1.29 is 0 Å². The lowest BCUT2D eigenvalue weighted by molar-refractivity contribution is 0.339. The fourth-order valence-electron chi connectivity index (χ4n) is 2.49. The van der Waals surface area contributed by atoms with E-state index in [1.165, 1.54) is 31.4 Å². The third kappa shape index (κ3) is 2.86. The summed E-state index contributed by atoms with van der Waals surface area (Å²) in [5.74, 6) is 0. The van der Waals surface area contributed by atoms with Gasteiger partial charge in [0.15, 0.2) is 0 Å². The molecule has 3 nitrogen and oxygen atoms in total. The van der Waals surface area contributed by atoms with Crippen LogP contribution >= 0.6 is 0 Å². The molecule has 3 heteroatoms. The molecule has 0 unspecified atom stereocenters. The molecule has 2 rings (SSSR count). The van der Waals surface area contributed by atoms with Crippen LogP contribution in [-0.4, -0.2) is 16.7 Å². The number of nitrogens with zero attached hydrogens (tertiary/aromatic N) is 1. The molecule has 1 heterocycles. The Morgan fingerprint density at radius 2 is 2.12 bits per heavy atom. The van der Waals surface area contributed by atoms with Crippen molar-refractivity contribution in [2.24, 2.45) is 5.73 Å². The van der Waals surface area contributed by atoms with Crippen LogP contribution in [0.2, 0.25) is 0 Å². The van der Waals surface area contributed by atoms with E-state index < -0.39 is 0 Å². The van der Waals surface area contributed by atoms with Gasteiger partial charge in [0.2, 0.25) is 0 Å². The minimum Gasteiger partial charge on any atom is -0.351 e. The van der Waals surface area contributed by atoms with Gasteiger partial charge in [-0.05, 0) is 44.7 Å². The van der Waals surface area contributed by atoms with Crippen molar-refractivity contribution in [3.8, 4) is 0 Å². The molecule has 1 aromatic heterocycles. The lowest BCUT2D eigenvalue weighted by atomic mass is 9.92. The molecular formula is C13H23N3. The molecule has 1 saturated carbocycles. The van der Waals surface area contributed by atoms with E-state index in [1.807, 2.05) is 0 Å². The first-order valence-corrected chi connectivity index (χ1v) is 6.42. The summed E-state index contributed by atoms with van der Waals surface area (Å²) in [5.41, 5.74) is 7.29. The summed E-state index contributed by atoms with van der Waals surface area (Å²) in [4.78, 5) is 0. The molecule has 0 amide bonds. The van der Waals surface area contributed by atoms with E-state index >= 15 is 0 Å². The van der Waals surface area contributed by atoms with Gasteiger partial charge in [0.25, 0.3) is 0 Å². The van der Waals surface area contributed by atoms with E-state index in [0.29, 0.717) is 12.1 Å². The molecule has 0 aliphatic heterocycles. The molecular weight excluding hydrogens is 198 g/mol. The standard InChI is InChI=1S/C13H23N3/c1-2-16-9-3-4-13(16)10-15-12-7-5-11(14)6-8-12/h3-4,9,11-12,15H,2,5-8,10,14H2,1H3. The number of nitrogens with two attached hydrogens (primary N) is 1. The van der Waals surface area contributed by atoms with Crippen molar-refractivity contribution >= 4 is 0 Å². The van der Waals surface area contributed by atoms with Crippen LogP contribution in [0.25, 0.3) is 0 Å². The van der Waals surface area contributed by atoms with Gasteiger partial charge in [-0.3, -0.25) is 0 Å². The number of aryl methyl sites for hydroxylation is 1. The Labute approximate surface area is 98.0 Å². The highest BCUT2D eigenvalue weighted by Gasteiger charge is 2.17. The van der Waals surface area contributed by atoms with Gasteiger partial charge in [-0.15, -0.1) is 0 Å². The van der Waals surface area contributed by atoms with E-state index in [4.69, 9.17) is 5.73 Å². The second kappa shape index (κ2) is 5.51. The summed E-state index contributed by atoms with van der Waals surface area (Å²) in [6.07, 6.45) is 6.95. The SMILES string of the molecule is CCn1cccc1CNC1CCC(N)CC1. The van der Waals surface area contributed by atoms with Crippen LogP contribution in [0.15, 0.2) is 18.3 Å². The molecule has 90 valence electrons. The summed E-state index contributed by atoms with van der Waals surface area (Å²) in [5, 5.41) is 3.64. The first-order chi connectivity index (χ1) is 7.79. The summed E-state index contributed by atoms with van der Waals surface area (Å²) in [7, 11) is 0. The zero-order valence-electron chi connectivity index (χ0n) is 10.2. The molecule has 1 aliphatic carbocycles. The largest absolute Gasteiger partial charge is 0.351 e. The van der Waals surface area contributed by atoms with Crippen LogP contribution in [-0.2, 0) is 13.1 Å². The van der Waals surface area contributed by atoms with Crippen LogP contribution in [0.4, 0.5) is 0 Å². The van der Waals surface area contributed by atoms with Crippen LogP contribution < -0.4 is 11.1 Å². The van der Waals surface area contributed by atoms with Crippen LogP contribution in [0.5, 0.6) is 0 Å². The predicted octanol–water partition coefficient (Wildman–Crippen LogP) is 1.87. The van der Waals surface area contributed by atoms with Gasteiger partial charge in [-0.1, -0.05) is 0 Å². The fourth-order valence-corrected chi connectivity index (χ4v) is 2.49. The Bertz CT molecular complexity index is 311. The van der Waals surface area contributed by atoms with Crippen molar-refractivity contribution in [1.29, 1.82) is 0 Å². The Morgan fingerprint density at radius 1 is 1.38 bits per heavy atom. The molecule has 1 aromatic rings. The van der Waals surface area contributed by atoms with Gasteiger partial charge >= 0.3 is 0 Å². The van der Waals surface area contributed by atoms with E-state index in [2.05, 4.69) is 35.1 Å². The molecule has 1 aliphatic rings. The number of hydrogen-bond donors (Lipinski definition) is 2. The van der Waals surface area contributed by atoms with Crippen LogP contribution in [0.1, 0.15) is 38.3 Å². The maximum atomic E-state index is 5.90. The molecule has 3 N–H and O–H groups in total. The third-order valence-corrected chi connectivity index (χ3v) is 3.61. The highest BCUT2D eigenvalue weighted by molar-refractivity contribution is 5.07. The molecule has 0 bridgehead atoms. The maximum Gasteiger partial charge on any atom is 0.0361 e. The average molecular weight is 221 g/mol. The molecule has 16 heavy (non-hydrogen) atoms. The fraction of sp³-hybridized carbons (Fsp3) is 0.692. The van der Waals surface area contributed by atoms with Crippen molar-refractivity contribution in [3.05, 3.63) is 24.0 Å². The first-order valence-electron chi connectivity index (χ1n) is 6.42. The Morgan fingerprint density at radius 3 is 2.81 bits per heavy atom. The average Bonchev–Trinajstić information content (AvgIpc) is 2.76. The zero-order chi connectivity index (χ0) is 11.4. The van der Waals surface area contributed by atoms with Crippen molar-refractivity contribution in [1.82, 2.24) is 9.88 Å². The first kappa shape index (κ1) is 11.7. The maximum absolute atomic E-state index is 5.90. The lowest BCUT2D eigenvalue weighted by Gasteiger charge is -2.27. The second-order valence-corrected chi connectivity index (χ2v) is 4.78. The van der Waals surface area contributed by atoms with Crippen molar-refractivity contribution in [3.63, 3.8) is 0 Å². The molecule has 0 atom stereocenters. The van der Waals surface area contributed by atoms with Crippen LogP contribution in [0.3, 0.4) is 0 Å². The minimum atomic E-state index is 0.442. The third-order valence-electron chi connectivity index (χ3n) is 3.61. The Balaban J connectivity index is 1.79. The number of aromatic nitrogens is 1. The summed E-state index contributed by atoms with van der Waals surface area (Å²) in [6.45, 7) is 4.23. The summed E-state index contributed by atoms with van der Waals surface area (Å²) in [6, 6.07) is 5.43. The van der Waals surface area contributed by atoms with Crippen LogP contribution in [0, 0.1) is 0 Å². The molecule has 0 aromatic carbocycles. The Kier molecular flexibility index (Phi) is 4.02. The molecule has 0 radical (unpaired) electrons. The zero-order valence-corrected chi connectivity index (χ0v) is 10.2. The van der Waals surface area contributed by atoms with E-state index in [1.54, 1.807) is 0 Å². The van der Waals surface area contributed by atoms with E-state index in [-0.39, 0.29) is 0 Å². The van der Waals surface area contributed by atoms with E-state index in [0.717, 1.165) is 13.1 Å². The van der Waals surface area contributed by atoms with Gasteiger partial charge in [0.1, 0.15) is 0 Å². The van der Waals surface area contributed by atoms with Gasteiger partial charge in [-0.2, -0.15) is 0 Å². The highest BCUT2D eigenvalue weighted by Crippen LogP contribution is 2.17. The van der Waals surface area contributed by atoms with Gasteiger partial charge in [-0.25, -0.2) is 0 Å². The van der Waals surface area contributed by atoms with Crippen molar-refractivity contribution in [2.75, 3.05) is 0 Å². The second-order valence-electron chi connectivity index (χ2n) is 4.78. The number of hydrogen-bond acceptors (Lipinski definition) is 2. The van der Waals surface area contributed by atoms with Gasteiger partial charge in [0, 0.05) is 37.1 Å². The van der Waals surface area contributed by atoms with E-state index in [9.17, 15) is 0 Å². The Hall–Kier alpha value is -0.800. The summed E-state index contributed by atoms with van der Waals surface area (Å²) < 4.78 is 2.29. The monoisotopic (exact) mass is 221 g/mol. The van der Waals surface area contributed by atoms with Gasteiger partial charge in [0.05, 0.1) is 0 Å². The quantitative estimate of drug-likeness (QED) is 0.815. The van der Waals surface area contributed by atoms with Crippen molar-refractivity contribution in [2.45, 2.75) is 57.8 Å². The number of nitrogens with one attached hydrogen (secondary N) is 1. The van der Waals surface area contributed by atoms with Gasteiger partial charge < -0.3 is 15.6 Å². The smallest absolute Gasteiger partial charge is 0.0361 e. The normalized spacial score (nSPS) is 25.9. The topological polar surface area (TPSA) is 43.0 Å². The minimum absolute atomic E-state index is 0.442. The number of rotatable bonds is 4. The molecule has 1 fully saturated rings. The molecule has 0 spiro atoms. The predicted molar refractivity (Wildman–Crippen MR) is 67.2 cm³/mol. The molecule has 0 saturated heterocycles. The summed E-state index contributed by atoms with van der Waals surface area (Å²) >= 11 is 0. The highest BCUT2D eigenvalue weighted by atomic mass is 15.0.